The normalized spacial score (nSPS) is 10.7. The van der Waals surface area contributed by atoms with Gasteiger partial charge in [0.2, 0.25) is 0 Å². The van der Waals surface area contributed by atoms with Crippen molar-refractivity contribution in [2.75, 3.05) is 6.54 Å². The van der Waals surface area contributed by atoms with Gasteiger partial charge >= 0.3 is 0 Å². The molecule has 100 valence electrons. The summed E-state index contributed by atoms with van der Waals surface area (Å²) in [7, 11) is 0. The molecule has 0 radical (unpaired) electrons. The monoisotopic (exact) mass is 273 g/mol. The molecule has 0 unspecified atom stereocenters. The van der Waals surface area contributed by atoms with E-state index >= 15 is 0 Å². The summed E-state index contributed by atoms with van der Waals surface area (Å²) in [5.41, 5.74) is 6.17. The van der Waals surface area contributed by atoms with E-state index in [1.807, 2.05) is 0 Å². The Bertz CT molecular complexity index is 575. The molecular weight excluding hydrogens is 254 g/mol. The van der Waals surface area contributed by atoms with Crippen molar-refractivity contribution >= 4 is 11.6 Å². The maximum absolute atomic E-state index is 6.35. The van der Waals surface area contributed by atoms with Gasteiger partial charge in [-0.2, -0.15) is 0 Å². The minimum atomic E-state index is 0.822. The van der Waals surface area contributed by atoms with Gasteiger partial charge in [0.1, 0.15) is 0 Å². The molecule has 0 aliphatic carbocycles. The van der Waals surface area contributed by atoms with E-state index in [1.54, 1.807) is 0 Å². The van der Waals surface area contributed by atoms with Crippen LogP contribution in [0.25, 0.3) is 11.1 Å². The van der Waals surface area contributed by atoms with E-state index in [9.17, 15) is 0 Å². The first-order valence-electron chi connectivity index (χ1n) is 6.68. The highest BCUT2D eigenvalue weighted by Gasteiger charge is 2.04. The summed E-state index contributed by atoms with van der Waals surface area (Å²) in [6, 6.07) is 12.8. The summed E-state index contributed by atoms with van der Waals surface area (Å²) in [6.07, 6.45) is 0. The third-order valence-corrected chi connectivity index (χ3v) is 3.81. The summed E-state index contributed by atoms with van der Waals surface area (Å²) in [5, 5.41) is 4.13. The van der Waals surface area contributed by atoms with Gasteiger partial charge in [-0.05, 0) is 54.3 Å². The Kier molecular flexibility index (Phi) is 4.62. The molecule has 1 N–H and O–H groups in total. The van der Waals surface area contributed by atoms with Crippen molar-refractivity contribution < 1.29 is 0 Å². The van der Waals surface area contributed by atoms with Gasteiger partial charge in [0.25, 0.3) is 0 Å². The molecule has 0 amide bonds. The Morgan fingerprint density at radius 3 is 2.26 bits per heavy atom. The smallest absolute Gasteiger partial charge is 0.0457 e. The van der Waals surface area contributed by atoms with Crippen LogP contribution in [0, 0.1) is 13.8 Å². The largest absolute Gasteiger partial charge is 0.313 e. The zero-order valence-electron chi connectivity index (χ0n) is 11.8. The van der Waals surface area contributed by atoms with E-state index in [-0.39, 0.29) is 0 Å². The molecule has 0 heterocycles. The van der Waals surface area contributed by atoms with E-state index in [0.717, 1.165) is 23.7 Å². The third kappa shape index (κ3) is 3.37. The van der Waals surface area contributed by atoms with Crippen molar-refractivity contribution in [1.82, 2.24) is 5.32 Å². The Morgan fingerprint density at radius 2 is 1.63 bits per heavy atom. The number of rotatable bonds is 4. The van der Waals surface area contributed by atoms with Crippen LogP contribution in [0.1, 0.15) is 23.6 Å². The summed E-state index contributed by atoms with van der Waals surface area (Å²) >= 11 is 6.35. The highest BCUT2D eigenvalue weighted by Crippen LogP contribution is 2.27. The second kappa shape index (κ2) is 6.23. The van der Waals surface area contributed by atoms with E-state index in [1.165, 1.54) is 22.3 Å². The minimum Gasteiger partial charge on any atom is -0.313 e. The molecule has 0 spiro atoms. The van der Waals surface area contributed by atoms with Crippen LogP contribution in [0.2, 0.25) is 5.02 Å². The second-order valence-electron chi connectivity index (χ2n) is 4.89. The molecule has 0 aromatic heterocycles. The molecule has 0 atom stereocenters. The maximum Gasteiger partial charge on any atom is 0.0457 e. The molecule has 0 saturated carbocycles. The third-order valence-electron chi connectivity index (χ3n) is 3.46. The molecule has 0 aliphatic rings. The molecule has 0 aliphatic heterocycles. The Hall–Kier alpha value is -1.31. The van der Waals surface area contributed by atoms with Crippen molar-refractivity contribution in [3.8, 4) is 11.1 Å². The van der Waals surface area contributed by atoms with Gasteiger partial charge in [0.15, 0.2) is 0 Å². The van der Waals surface area contributed by atoms with Crippen molar-refractivity contribution in [3.63, 3.8) is 0 Å². The van der Waals surface area contributed by atoms with E-state index in [0.29, 0.717) is 0 Å². The lowest BCUT2D eigenvalue weighted by Gasteiger charge is -2.09. The molecule has 2 aromatic rings. The van der Waals surface area contributed by atoms with Crippen molar-refractivity contribution in [1.29, 1.82) is 0 Å². The van der Waals surface area contributed by atoms with Crippen LogP contribution in [-0.2, 0) is 6.54 Å². The SMILES string of the molecule is CCNCc1ccc(-c2ccc(C)c(C)c2)cc1Cl. The second-order valence-corrected chi connectivity index (χ2v) is 5.29. The average molecular weight is 274 g/mol. The quantitative estimate of drug-likeness (QED) is 0.849. The number of benzene rings is 2. The lowest BCUT2D eigenvalue weighted by molar-refractivity contribution is 0.727. The zero-order valence-corrected chi connectivity index (χ0v) is 12.5. The fourth-order valence-corrected chi connectivity index (χ4v) is 2.30. The van der Waals surface area contributed by atoms with Gasteiger partial charge in [-0.15, -0.1) is 0 Å². The number of hydrogen-bond acceptors (Lipinski definition) is 1. The van der Waals surface area contributed by atoms with Gasteiger partial charge < -0.3 is 5.32 Å². The molecule has 0 saturated heterocycles. The summed E-state index contributed by atoms with van der Waals surface area (Å²) in [5.74, 6) is 0. The topological polar surface area (TPSA) is 12.0 Å². The average Bonchev–Trinajstić information content (AvgIpc) is 2.40. The van der Waals surface area contributed by atoms with Crippen LogP contribution >= 0.6 is 11.6 Å². The van der Waals surface area contributed by atoms with Crippen molar-refractivity contribution in [2.45, 2.75) is 27.3 Å². The number of nitrogens with one attached hydrogen (secondary N) is 1. The number of aryl methyl sites for hydroxylation is 2. The van der Waals surface area contributed by atoms with Crippen LogP contribution < -0.4 is 5.32 Å². The van der Waals surface area contributed by atoms with Gasteiger partial charge in [-0.3, -0.25) is 0 Å². The standard InChI is InChI=1S/C17H20ClN/c1-4-19-11-16-8-7-15(10-17(16)18)14-6-5-12(2)13(3)9-14/h5-10,19H,4,11H2,1-3H3. The highest BCUT2D eigenvalue weighted by atomic mass is 35.5. The molecule has 2 heteroatoms. The van der Waals surface area contributed by atoms with E-state index < -0.39 is 0 Å². The fourth-order valence-electron chi connectivity index (χ4n) is 2.05. The van der Waals surface area contributed by atoms with Crippen LogP contribution in [0.3, 0.4) is 0 Å². The number of halogens is 1. The van der Waals surface area contributed by atoms with Gasteiger partial charge in [0.05, 0.1) is 0 Å². The van der Waals surface area contributed by atoms with E-state index in [2.05, 4.69) is 62.5 Å². The minimum absolute atomic E-state index is 0.822. The molecule has 0 fully saturated rings. The van der Waals surface area contributed by atoms with Gasteiger partial charge in [-0.25, -0.2) is 0 Å². The lowest BCUT2D eigenvalue weighted by atomic mass is 9.99. The van der Waals surface area contributed by atoms with Gasteiger partial charge in [-0.1, -0.05) is 48.9 Å². The Morgan fingerprint density at radius 1 is 0.947 bits per heavy atom. The van der Waals surface area contributed by atoms with Gasteiger partial charge in [0, 0.05) is 11.6 Å². The predicted octanol–water partition coefficient (Wildman–Crippen LogP) is 4.73. The van der Waals surface area contributed by atoms with Crippen LogP contribution in [0.4, 0.5) is 0 Å². The highest BCUT2D eigenvalue weighted by molar-refractivity contribution is 6.31. The first-order chi connectivity index (χ1) is 9.11. The lowest BCUT2D eigenvalue weighted by Crippen LogP contribution is -2.11. The summed E-state index contributed by atoms with van der Waals surface area (Å²) in [4.78, 5) is 0. The summed E-state index contributed by atoms with van der Waals surface area (Å²) in [6.45, 7) is 8.14. The molecule has 2 rings (SSSR count). The fraction of sp³-hybridized carbons (Fsp3) is 0.294. The zero-order chi connectivity index (χ0) is 13.8. The van der Waals surface area contributed by atoms with E-state index in [4.69, 9.17) is 11.6 Å². The molecule has 19 heavy (non-hydrogen) atoms. The Labute approximate surface area is 120 Å². The molecule has 1 nitrogen and oxygen atoms in total. The van der Waals surface area contributed by atoms with Crippen molar-refractivity contribution in [3.05, 3.63) is 58.1 Å². The van der Waals surface area contributed by atoms with Crippen LogP contribution in [0.15, 0.2) is 36.4 Å². The first kappa shape index (κ1) is 14.1. The molecule has 2 aromatic carbocycles. The molecule has 0 bridgehead atoms. The summed E-state index contributed by atoms with van der Waals surface area (Å²) < 4.78 is 0. The molecular formula is C17H20ClN. The van der Waals surface area contributed by atoms with Crippen LogP contribution in [0.5, 0.6) is 0 Å². The van der Waals surface area contributed by atoms with Crippen molar-refractivity contribution in [2.24, 2.45) is 0 Å². The maximum atomic E-state index is 6.35. The number of hydrogen-bond donors (Lipinski definition) is 1. The Balaban J connectivity index is 2.30. The first-order valence-corrected chi connectivity index (χ1v) is 7.06. The van der Waals surface area contributed by atoms with Crippen LogP contribution in [-0.4, -0.2) is 6.54 Å². The predicted molar refractivity (Wildman–Crippen MR) is 83.7 cm³/mol.